The Morgan fingerprint density at radius 3 is 0.885 bits per heavy atom. The van der Waals surface area contributed by atoms with E-state index in [2.05, 4.69) is 13.8 Å². The molecule has 0 aliphatic carbocycles. The summed E-state index contributed by atoms with van der Waals surface area (Å²) in [5.74, 6) is 0. The zero-order valence-electron chi connectivity index (χ0n) is 18.4. The summed E-state index contributed by atoms with van der Waals surface area (Å²) in [5, 5.41) is 0. The number of hydrogen-bond donors (Lipinski definition) is 0. The van der Waals surface area contributed by atoms with Crippen LogP contribution in [0, 0.1) is 0 Å². The van der Waals surface area contributed by atoms with Gasteiger partial charge in [0.1, 0.15) is 0 Å². The van der Waals surface area contributed by atoms with E-state index in [-0.39, 0.29) is 0 Å². The molecule has 0 aliphatic rings. The molecular weight excluding hydrogens is 320 g/mol. The predicted molar refractivity (Wildman–Crippen MR) is 116 cm³/mol. The van der Waals surface area contributed by atoms with Crippen molar-refractivity contribution in [3.05, 3.63) is 0 Å². The van der Waals surface area contributed by atoms with Gasteiger partial charge in [0.25, 0.3) is 0 Å². The molecule has 0 saturated carbocycles. The van der Waals surface area contributed by atoms with Gasteiger partial charge in [-0.2, -0.15) is 0 Å². The highest BCUT2D eigenvalue weighted by atomic mass is 16.5. The fourth-order valence-corrected chi connectivity index (χ4v) is 3.35. The molecule has 26 heavy (non-hydrogen) atoms. The Balaban J connectivity index is 2.95. The lowest BCUT2D eigenvalue weighted by molar-refractivity contribution is 0.0448. The van der Waals surface area contributed by atoms with Crippen molar-refractivity contribution in [3.8, 4) is 0 Å². The number of ether oxygens (including phenoxy) is 2. The highest BCUT2D eigenvalue weighted by Crippen LogP contribution is 2.10. The van der Waals surface area contributed by atoms with Gasteiger partial charge in [0.15, 0.2) is 0 Å². The highest BCUT2D eigenvalue weighted by Gasteiger charge is 1.95. The largest absolute Gasteiger partial charge is 0.379 e. The molecule has 2 nitrogen and oxygen atoms in total. The van der Waals surface area contributed by atoms with Gasteiger partial charge in [-0.05, 0) is 12.8 Å². The van der Waals surface area contributed by atoms with Gasteiger partial charge < -0.3 is 9.47 Å². The second kappa shape index (κ2) is 24.9. The van der Waals surface area contributed by atoms with E-state index in [1.165, 1.54) is 116 Å². The lowest BCUT2D eigenvalue weighted by atomic mass is 10.1. The third-order valence-corrected chi connectivity index (χ3v) is 5.16. The molecule has 0 radical (unpaired) electrons. The first-order valence-electron chi connectivity index (χ1n) is 12.1. The van der Waals surface area contributed by atoms with Gasteiger partial charge in [-0.3, -0.25) is 0 Å². The molecule has 2 heteroatoms. The van der Waals surface area contributed by atoms with Crippen molar-refractivity contribution in [2.24, 2.45) is 0 Å². The van der Waals surface area contributed by atoms with Gasteiger partial charge >= 0.3 is 0 Å². The second-order valence-electron chi connectivity index (χ2n) is 7.88. The second-order valence-corrected chi connectivity index (χ2v) is 7.88. The molecule has 0 spiro atoms. The summed E-state index contributed by atoms with van der Waals surface area (Å²) in [6, 6.07) is 0. The van der Waals surface area contributed by atoms with Crippen molar-refractivity contribution in [3.63, 3.8) is 0 Å². The van der Waals surface area contributed by atoms with Crippen LogP contribution in [0.25, 0.3) is 0 Å². The van der Waals surface area contributed by atoms with Crippen LogP contribution in [0.3, 0.4) is 0 Å². The fraction of sp³-hybridized carbons (Fsp3) is 1.00. The van der Waals surface area contributed by atoms with Crippen LogP contribution in [-0.4, -0.2) is 26.4 Å². The summed E-state index contributed by atoms with van der Waals surface area (Å²) in [6.45, 7) is 7.93. The minimum absolute atomic E-state index is 0.772. The number of rotatable bonds is 23. The quantitative estimate of drug-likeness (QED) is 0.169. The minimum Gasteiger partial charge on any atom is -0.379 e. The highest BCUT2D eigenvalue weighted by molar-refractivity contribution is 4.48. The van der Waals surface area contributed by atoms with Gasteiger partial charge in [-0.1, -0.05) is 117 Å². The maximum absolute atomic E-state index is 5.66. The van der Waals surface area contributed by atoms with Crippen molar-refractivity contribution in [1.82, 2.24) is 0 Å². The first kappa shape index (κ1) is 25.9. The van der Waals surface area contributed by atoms with E-state index in [0.29, 0.717) is 0 Å². The van der Waals surface area contributed by atoms with E-state index in [9.17, 15) is 0 Å². The van der Waals surface area contributed by atoms with E-state index in [1.54, 1.807) is 0 Å². The Kier molecular flexibility index (Phi) is 24.8. The van der Waals surface area contributed by atoms with Crippen LogP contribution in [0.2, 0.25) is 0 Å². The molecule has 0 rings (SSSR count). The molecule has 0 unspecified atom stereocenters. The van der Waals surface area contributed by atoms with E-state index >= 15 is 0 Å². The zero-order valence-corrected chi connectivity index (χ0v) is 18.4. The molecule has 0 saturated heterocycles. The van der Waals surface area contributed by atoms with Crippen LogP contribution in [0.5, 0.6) is 0 Å². The molecule has 158 valence electrons. The zero-order chi connectivity index (χ0) is 19.0. The summed E-state index contributed by atoms with van der Waals surface area (Å²) in [6.07, 6.45) is 24.7. The molecule has 0 bridgehead atoms. The monoisotopic (exact) mass is 370 g/mol. The Morgan fingerprint density at radius 2 is 0.577 bits per heavy atom. The van der Waals surface area contributed by atoms with Gasteiger partial charge in [0, 0.05) is 13.2 Å². The Labute approximate surface area is 165 Å². The van der Waals surface area contributed by atoms with Gasteiger partial charge in [0.05, 0.1) is 13.2 Å². The SMILES string of the molecule is CCCCCCCCCCCOCCOCCCCCCCCCCC. The van der Waals surface area contributed by atoms with Crippen molar-refractivity contribution in [1.29, 1.82) is 0 Å². The van der Waals surface area contributed by atoms with E-state index in [4.69, 9.17) is 9.47 Å². The minimum atomic E-state index is 0.772. The molecule has 0 aromatic carbocycles. The lowest BCUT2D eigenvalue weighted by Gasteiger charge is -2.06. The Bertz CT molecular complexity index is 206. The topological polar surface area (TPSA) is 18.5 Å². The normalized spacial score (nSPS) is 11.3. The first-order chi connectivity index (χ1) is 12.9. The predicted octanol–water partition coefficient (Wildman–Crippen LogP) is 8.08. The third-order valence-electron chi connectivity index (χ3n) is 5.16. The standard InChI is InChI=1S/C24H50O2/c1-3-5-7-9-11-13-15-17-19-21-25-23-24-26-22-20-18-16-14-12-10-8-6-4-2/h3-24H2,1-2H3. The van der Waals surface area contributed by atoms with Gasteiger partial charge in [-0.25, -0.2) is 0 Å². The molecular formula is C24H50O2. The summed E-state index contributed by atoms with van der Waals surface area (Å²) in [5.41, 5.74) is 0. The van der Waals surface area contributed by atoms with E-state index < -0.39 is 0 Å². The van der Waals surface area contributed by atoms with E-state index in [1.807, 2.05) is 0 Å². The lowest BCUT2D eigenvalue weighted by Crippen LogP contribution is -2.06. The third kappa shape index (κ3) is 23.9. The average molecular weight is 371 g/mol. The van der Waals surface area contributed by atoms with E-state index in [0.717, 1.165) is 26.4 Å². The Morgan fingerprint density at radius 1 is 0.308 bits per heavy atom. The van der Waals surface area contributed by atoms with Crippen LogP contribution in [0.15, 0.2) is 0 Å². The van der Waals surface area contributed by atoms with Crippen molar-refractivity contribution in [2.75, 3.05) is 26.4 Å². The first-order valence-corrected chi connectivity index (χ1v) is 12.1. The maximum atomic E-state index is 5.66. The summed E-state index contributed by atoms with van der Waals surface area (Å²) < 4.78 is 11.3. The molecule has 0 aliphatic heterocycles. The summed E-state index contributed by atoms with van der Waals surface area (Å²) >= 11 is 0. The summed E-state index contributed by atoms with van der Waals surface area (Å²) in [7, 11) is 0. The molecule has 0 amide bonds. The van der Waals surface area contributed by atoms with Crippen LogP contribution in [-0.2, 0) is 9.47 Å². The van der Waals surface area contributed by atoms with Crippen LogP contribution < -0.4 is 0 Å². The Hall–Kier alpha value is -0.0800. The number of hydrogen-bond acceptors (Lipinski definition) is 2. The fourth-order valence-electron chi connectivity index (χ4n) is 3.35. The van der Waals surface area contributed by atoms with Gasteiger partial charge in [0.2, 0.25) is 0 Å². The molecule has 0 aromatic rings. The molecule has 0 fully saturated rings. The van der Waals surface area contributed by atoms with Crippen molar-refractivity contribution < 1.29 is 9.47 Å². The van der Waals surface area contributed by atoms with Crippen LogP contribution in [0.4, 0.5) is 0 Å². The molecule has 0 aromatic heterocycles. The average Bonchev–Trinajstić information content (AvgIpc) is 2.66. The smallest absolute Gasteiger partial charge is 0.0700 e. The van der Waals surface area contributed by atoms with Crippen LogP contribution >= 0.6 is 0 Å². The maximum Gasteiger partial charge on any atom is 0.0700 e. The summed E-state index contributed by atoms with van der Waals surface area (Å²) in [4.78, 5) is 0. The molecule has 0 atom stereocenters. The molecule has 0 heterocycles. The van der Waals surface area contributed by atoms with Crippen LogP contribution in [0.1, 0.15) is 129 Å². The molecule has 0 N–H and O–H groups in total. The van der Waals surface area contributed by atoms with Gasteiger partial charge in [-0.15, -0.1) is 0 Å². The van der Waals surface area contributed by atoms with Crippen molar-refractivity contribution in [2.45, 2.75) is 129 Å². The number of unbranched alkanes of at least 4 members (excludes halogenated alkanes) is 16. The van der Waals surface area contributed by atoms with Crippen molar-refractivity contribution >= 4 is 0 Å².